The van der Waals surface area contributed by atoms with Gasteiger partial charge in [0.1, 0.15) is 5.82 Å². The van der Waals surface area contributed by atoms with Crippen LogP contribution in [0.25, 0.3) is 0 Å². The molecule has 3 N–H and O–H groups in total. The van der Waals surface area contributed by atoms with Crippen LogP contribution < -0.4 is 16.0 Å². The third-order valence-electron chi connectivity index (χ3n) is 7.15. The van der Waals surface area contributed by atoms with E-state index in [1.54, 1.807) is 23.1 Å². The fraction of sp³-hybridized carbons (Fsp3) is 0.300. The summed E-state index contributed by atoms with van der Waals surface area (Å²) < 4.78 is 0.570. The van der Waals surface area contributed by atoms with Crippen LogP contribution in [-0.2, 0) is 16.0 Å². The maximum Gasteiger partial charge on any atom is 0.230 e. The summed E-state index contributed by atoms with van der Waals surface area (Å²) in [7, 11) is 0. The molecule has 1 amide bonds. The number of ketones is 1. The summed E-state index contributed by atoms with van der Waals surface area (Å²) in [5.74, 6) is -0.563. The molecule has 1 atom stereocenters. The molecule has 3 aromatic rings. The number of carbonyl (C=O) groups is 2. The van der Waals surface area contributed by atoms with E-state index in [2.05, 4.69) is 21.6 Å². The van der Waals surface area contributed by atoms with E-state index in [1.807, 2.05) is 44.2 Å². The van der Waals surface area contributed by atoms with Crippen molar-refractivity contribution in [1.29, 1.82) is 5.26 Å². The van der Waals surface area contributed by atoms with Gasteiger partial charge in [0.05, 0.1) is 23.3 Å². The van der Waals surface area contributed by atoms with Crippen LogP contribution in [0.15, 0.2) is 75.5 Å². The van der Waals surface area contributed by atoms with Crippen LogP contribution in [0.3, 0.4) is 0 Å². The first-order valence-electron chi connectivity index (χ1n) is 13.3. The highest BCUT2D eigenvalue weighted by atomic mass is 35.5. The molecule has 0 radical (unpaired) electrons. The monoisotopic (exact) mass is 638 g/mol. The summed E-state index contributed by atoms with van der Waals surface area (Å²) in [5.41, 5.74) is 9.45. The molecule has 2 aromatic carbocycles. The molecule has 0 spiro atoms. The van der Waals surface area contributed by atoms with Gasteiger partial charge in [-0.05, 0) is 41.5 Å². The van der Waals surface area contributed by atoms with Crippen LogP contribution in [-0.4, -0.2) is 34.2 Å². The van der Waals surface area contributed by atoms with Gasteiger partial charge in [0.25, 0.3) is 0 Å². The van der Waals surface area contributed by atoms with Crippen molar-refractivity contribution in [3.8, 4) is 6.07 Å². The maximum absolute atomic E-state index is 13.7. The number of benzene rings is 2. The fourth-order valence-electron chi connectivity index (χ4n) is 5.29. The molecule has 12 heteroatoms. The average Bonchev–Trinajstić information content (AvgIpc) is 3.40. The molecular weight excluding hydrogens is 611 g/mol. The smallest absolute Gasteiger partial charge is 0.230 e. The molecule has 0 saturated carbocycles. The molecule has 0 bridgehead atoms. The predicted octanol–water partition coefficient (Wildman–Crippen LogP) is 6.24. The number of Topliss-reactive ketones (excluding diaryl/α,β-unsaturated/α-hetero) is 1. The Morgan fingerprint density at radius 3 is 2.69 bits per heavy atom. The van der Waals surface area contributed by atoms with Crippen molar-refractivity contribution in [2.24, 2.45) is 11.1 Å². The highest BCUT2D eigenvalue weighted by Gasteiger charge is 2.46. The summed E-state index contributed by atoms with van der Waals surface area (Å²) in [6, 6.07) is 17.2. The van der Waals surface area contributed by atoms with Crippen molar-refractivity contribution < 1.29 is 9.59 Å². The SMILES string of the molecule is CC1(C)CC(=O)C2=C(C1)N(c1nnc(SCC(=O)NCCc3ccccc3)s1)C(N)=C(C#N)C2c1ccc(Cl)cc1Cl. The van der Waals surface area contributed by atoms with Crippen LogP contribution in [0.5, 0.6) is 0 Å². The lowest BCUT2D eigenvalue weighted by Gasteiger charge is -2.42. The molecule has 1 aromatic heterocycles. The summed E-state index contributed by atoms with van der Waals surface area (Å²) >= 11 is 15.3. The van der Waals surface area contributed by atoms with Gasteiger partial charge in [-0.15, -0.1) is 10.2 Å². The number of hydrogen-bond acceptors (Lipinski definition) is 9. The molecule has 8 nitrogen and oxygen atoms in total. The lowest BCUT2D eigenvalue weighted by atomic mass is 9.68. The van der Waals surface area contributed by atoms with E-state index in [1.165, 1.54) is 23.1 Å². The number of carbonyl (C=O) groups excluding carboxylic acids is 2. The molecule has 1 aliphatic carbocycles. The van der Waals surface area contributed by atoms with Crippen LogP contribution in [0, 0.1) is 16.7 Å². The highest BCUT2D eigenvalue weighted by Crippen LogP contribution is 2.51. The van der Waals surface area contributed by atoms with Crippen molar-refractivity contribution in [2.45, 2.75) is 43.4 Å². The van der Waals surface area contributed by atoms with Gasteiger partial charge in [0, 0.05) is 34.3 Å². The minimum Gasteiger partial charge on any atom is -0.384 e. The molecule has 42 heavy (non-hydrogen) atoms. The van der Waals surface area contributed by atoms with Gasteiger partial charge in [-0.3, -0.25) is 14.5 Å². The summed E-state index contributed by atoms with van der Waals surface area (Å²) in [6.45, 7) is 4.58. The zero-order valence-corrected chi connectivity index (χ0v) is 26.1. The molecule has 0 saturated heterocycles. The zero-order valence-electron chi connectivity index (χ0n) is 23.0. The number of amides is 1. The zero-order chi connectivity index (χ0) is 30.0. The number of nitriles is 1. The number of nitrogens with zero attached hydrogens (tertiary/aromatic N) is 4. The lowest BCUT2D eigenvalue weighted by molar-refractivity contribution is -0.119. The molecule has 0 fully saturated rings. The van der Waals surface area contributed by atoms with E-state index in [4.69, 9.17) is 28.9 Å². The molecule has 1 aliphatic heterocycles. The Bertz CT molecular complexity index is 1640. The van der Waals surface area contributed by atoms with E-state index < -0.39 is 5.92 Å². The van der Waals surface area contributed by atoms with Crippen LogP contribution in [0.4, 0.5) is 5.13 Å². The number of aromatic nitrogens is 2. The second-order valence-corrected chi connectivity index (χ2v) is 13.9. The number of anilines is 1. The molecule has 2 heterocycles. The van der Waals surface area contributed by atoms with Crippen molar-refractivity contribution in [2.75, 3.05) is 17.2 Å². The minimum atomic E-state index is -0.726. The maximum atomic E-state index is 13.7. The number of hydrogen-bond donors (Lipinski definition) is 2. The minimum absolute atomic E-state index is 0.0752. The van der Waals surface area contributed by atoms with Crippen molar-refractivity contribution >= 4 is 63.1 Å². The summed E-state index contributed by atoms with van der Waals surface area (Å²) in [5, 5.41) is 23.1. The van der Waals surface area contributed by atoms with Gasteiger partial charge < -0.3 is 11.1 Å². The first-order chi connectivity index (χ1) is 20.1. The van der Waals surface area contributed by atoms with Gasteiger partial charge in [-0.1, -0.05) is 96.5 Å². The number of halogens is 2. The van der Waals surface area contributed by atoms with E-state index in [9.17, 15) is 14.9 Å². The van der Waals surface area contributed by atoms with Crippen LogP contribution >= 0.6 is 46.3 Å². The van der Waals surface area contributed by atoms with E-state index >= 15 is 0 Å². The van der Waals surface area contributed by atoms with Crippen LogP contribution in [0.1, 0.15) is 43.7 Å². The van der Waals surface area contributed by atoms with Gasteiger partial charge in [-0.25, -0.2) is 0 Å². The molecule has 5 rings (SSSR count). The molecule has 1 unspecified atom stereocenters. The van der Waals surface area contributed by atoms with Gasteiger partial charge in [0.15, 0.2) is 10.1 Å². The Hall–Kier alpha value is -3.36. The first-order valence-corrected chi connectivity index (χ1v) is 15.8. The summed E-state index contributed by atoms with van der Waals surface area (Å²) in [4.78, 5) is 27.8. The Morgan fingerprint density at radius 2 is 1.98 bits per heavy atom. The van der Waals surface area contributed by atoms with Gasteiger partial charge in [-0.2, -0.15) is 5.26 Å². The number of nitrogens with two attached hydrogens (primary N) is 1. The number of nitrogens with one attached hydrogen (secondary N) is 1. The molecular formula is C30H28Cl2N6O2S2. The Balaban J connectivity index is 1.40. The highest BCUT2D eigenvalue weighted by molar-refractivity contribution is 8.01. The topological polar surface area (TPSA) is 125 Å². The normalized spacial score (nSPS) is 18.1. The largest absolute Gasteiger partial charge is 0.384 e. The third-order valence-corrected chi connectivity index (χ3v) is 9.75. The van der Waals surface area contributed by atoms with Crippen LogP contribution in [0.2, 0.25) is 10.0 Å². The van der Waals surface area contributed by atoms with E-state index in [0.29, 0.717) is 55.7 Å². The first kappa shape index (κ1) is 30.1. The second-order valence-electron chi connectivity index (χ2n) is 10.9. The van der Waals surface area contributed by atoms with E-state index in [-0.39, 0.29) is 34.3 Å². The predicted molar refractivity (Wildman–Crippen MR) is 167 cm³/mol. The Labute approximate surface area is 262 Å². The summed E-state index contributed by atoms with van der Waals surface area (Å²) in [6.07, 6.45) is 1.59. The van der Waals surface area contributed by atoms with Crippen molar-refractivity contribution in [3.63, 3.8) is 0 Å². The number of allylic oxidation sites excluding steroid dienone is 3. The number of rotatable bonds is 8. The Morgan fingerprint density at radius 1 is 1.21 bits per heavy atom. The fourth-order valence-corrected chi connectivity index (χ4v) is 7.52. The standard InChI is InChI=1S/C30H28Cl2N6O2S2/c1-30(2)13-22-26(23(39)14-30)25(19-9-8-18(31)12-21(19)32)20(15-33)27(34)38(22)28-36-37-29(42-28)41-16-24(40)35-11-10-17-6-4-3-5-7-17/h3-9,12,25H,10-11,13-14,16,34H2,1-2H3,(H,35,40). The lowest BCUT2D eigenvalue weighted by Crippen LogP contribution is -2.42. The third kappa shape index (κ3) is 6.35. The molecule has 216 valence electrons. The van der Waals surface area contributed by atoms with Gasteiger partial charge in [0.2, 0.25) is 11.0 Å². The molecule has 2 aliphatic rings. The Kier molecular flexibility index (Phi) is 8.94. The second kappa shape index (κ2) is 12.5. The van der Waals surface area contributed by atoms with Gasteiger partial charge >= 0.3 is 0 Å². The number of thioether (sulfide) groups is 1. The van der Waals surface area contributed by atoms with E-state index in [0.717, 1.165) is 12.0 Å². The van der Waals surface area contributed by atoms with Crippen molar-refractivity contribution in [3.05, 3.63) is 92.4 Å². The van der Waals surface area contributed by atoms with Crippen molar-refractivity contribution in [1.82, 2.24) is 15.5 Å². The average molecular weight is 640 g/mol. The quantitative estimate of drug-likeness (QED) is 0.278.